The Bertz CT molecular complexity index is 534. The fraction of sp³-hybridized carbons (Fsp3) is 0. The third-order valence-electron chi connectivity index (χ3n) is 2.07. The summed E-state index contributed by atoms with van der Waals surface area (Å²) in [5.74, 6) is -0.188. The Morgan fingerprint density at radius 1 is 1.24 bits per heavy atom. The van der Waals surface area contributed by atoms with Gasteiger partial charge in [0.1, 0.15) is 0 Å². The molecule has 0 fully saturated rings. The van der Waals surface area contributed by atoms with Crippen molar-refractivity contribution >= 4 is 40.6 Å². The van der Waals surface area contributed by atoms with E-state index >= 15 is 0 Å². The number of amides is 1. The van der Waals surface area contributed by atoms with Crippen molar-refractivity contribution in [1.82, 2.24) is 0 Å². The molecule has 0 bridgehead atoms. The molecule has 2 rings (SSSR count). The van der Waals surface area contributed by atoms with E-state index in [-0.39, 0.29) is 5.91 Å². The first-order valence-corrected chi connectivity index (χ1v) is 6.28. The van der Waals surface area contributed by atoms with Crippen LogP contribution in [0.25, 0.3) is 6.08 Å². The molecule has 0 aliphatic rings. The van der Waals surface area contributed by atoms with Crippen LogP contribution in [0.2, 0.25) is 5.02 Å². The van der Waals surface area contributed by atoms with E-state index in [4.69, 9.17) is 11.6 Å². The zero-order valence-electron chi connectivity index (χ0n) is 8.89. The molecule has 4 heteroatoms. The maximum atomic E-state index is 11.6. The van der Waals surface area contributed by atoms with Crippen LogP contribution < -0.4 is 5.32 Å². The van der Waals surface area contributed by atoms with Crippen molar-refractivity contribution in [1.29, 1.82) is 0 Å². The van der Waals surface area contributed by atoms with E-state index in [1.54, 1.807) is 29.5 Å². The molecule has 0 spiro atoms. The number of nitrogens with one attached hydrogen (secondary N) is 1. The van der Waals surface area contributed by atoms with Crippen LogP contribution in [0.4, 0.5) is 5.69 Å². The zero-order valence-corrected chi connectivity index (χ0v) is 10.5. The summed E-state index contributed by atoms with van der Waals surface area (Å²) < 4.78 is 0. The number of carbonyl (C=O) groups is 1. The molecule has 0 aliphatic carbocycles. The van der Waals surface area contributed by atoms with Gasteiger partial charge in [0, 0.05) is 11.0 Å². The Labute approximate surface area is 109 Å². The topological polar surface area (TPSA) is 29.1 Å². The first-order chi connectivity index (χ1) is 8.25. The molecule has 1 aromatic carbocycles. The van der Waals surface area contributed by atoms with E-state index in [1.807, 2.05) is 29.6 Å². The van der Waals surface area contributed by atoms with E-state index in [0.29, 0.717) is 10.7 Å². The van der Waals surface area contributed by atoms with Gasteiger partial charge < -0.3 is 5.32 Å². The van der Waals surface area contributed by atoms with Gasteiger partial charge in [-0.3, -0.25) is 4.79 Å². The number of halogens is 1. The number of anilines is 1. The molecule has 0 unspecified atom stereocenters. The predicted octanol–water partition coefficient (Wildman–Crippen LogP) is 4.05. The Kier molecular flexibility index (Phi) is 3.96. The summed E-state index contributed by atoms with van der Waals surface area (Å²) in [6, 6.07) is 11.0. The van der Waals surface area contributed by atoms with Crippen molar-refractivity contribution in [2.45, 2.75) is 0 Å². The van der Waals surface area contributed by atoms with Gasteiger partial charge in [-0.1, -0.05) is 29.8 Å². The van der Waals surface area contributed by atoms with Gasteiger partial charge in [-0.2, -0.15) is 0 Å². The van der Waals surface area contributed by atoms with Gasteiger partial charge in [0.05, 0.1) is 10.7 Å². The van der Waals surface area contributed by atoms with Crippen molar-refractivity contribution in [2.75, 3.05) is 5.32 Å². The molecule has 1 N–H and O–H groups in total. The highest BCUT2D eigenvalue weighted by atomic mass is 35.5. The Balaban J connectivity index is 2.01. The van der Waals surface area contributed by atoms with Crippen molar-refractivity contribution < 1.29 is 4.79 Å². The second-order valence-electron chi connectivity index (χ2n) is 3.32. The highest BCUT2D eigenvalue weighted by Crippen LogP contribution is 2.20. The van der Waals surface area contributed by atoms with Crippen LogP contribution in [0.15, 0.2) is 47.9 Å². The van der Waals surface area contributed by atoms with Crippen molar-refractivity contribution in [2.24, 2.45) is 0 Å². The van der Waals surface area contributed by atoms with Gasteiger partial charge in [0.15, 0.2) is 0 Å². The van der Waals surface area contributed by atoms with Gasteiger partial charge in [0.25, 0.3) is 0 Å². The van der Waals surface area contributed by atoms with Gasteiger partial charge in [-0.25, -0.2) is 0 Å². The molecular formula is C13H10ClNOS. The van der Waals surface area contributed by atoms with E-state index in [0.717, 1.165) is 4.88 Å². The van der Waals surface area contributed by atoms with Crippen molar-refractivity contribution in [3.05, 3.63) is 57.8 Å². The standard InChI is InChI=1S/C13H10ClNOS/c14-11-5-1-2-6-12(11)15-13(16)8-7-10-4-3-9-17-10/h1-9H,(H,15,16)/b8-7+. The SMILES string of the molecule is O=C(/C=C/c1cccs1)Nc1ccccc1Cl. The number of rotatable bonds is 3. The molecular weight excluding hydrogens is 254 g/mol. The molecule has 2 nitrogen and oxygen atoms in total. The second kappa shape index (κ2) is 5.66. The highest BCUT2D eigenvalue weighted by molar-refractivity contribution is 7.10. The molecule has 0 atom stereocenters. The lowest BCUT2D eigenvalue weighted by molar-refractivity contribution is -0.111. The van der Waals surface area contributed by atoms with Crippen LogP contribution in [0.3, 0.4) is 0 Å². The summed E-state index contributed by atoms with van der Waals surface area (Å²) in [6.45, 7) is 0. The van der Waals surface area contributed by atoms with E-state index in [9.17, 15) is 4.79 Å². The molecule has 0 aliphatic heterocycles. The van der Waals surface area contributed by atoms with Crippen LogP contribution in [-0.2, 0) is 4.79 Å². The highest BCUT2D eigenvalue weighted by Gasteiger charge is 2.01. The first kappa shape index (κ1) is 11.9. The minimum Gasteiger partial charge on any atom is -0.321 e. The third-order valence-corrected chi connectivity index (χ3v) is 3.24. The molecule has 1 aromatic heterocycles. The summed E-state index contributed by atoms with van der Waals surface area (Å²) in [5.41, 5.74) is 0.620. The molecule has 2 aromatic rings. The van der Waals surface area contributed by atoms with Crippen molar-refractivity contribution in [3.8, 4) is 0 Å². The molecule has 86 valence electrons. The number of para-hydroxylation sites is 1. The lowest BCUT2D eigenvalue weighted by Gasteiger charge is -2.03. The van der Waals surface area contributed by atoms with Crippen LogP contribution in [0, 0.1) is 0 Å². The maximum absolute atomic E-state index is 11.6. The van der Waals surface area contributed by atoms with Gasteiger partial charge in [-0.15, -0.1) is 11.3 Å². The molecule has 0 saturated carbocycles. The lowest BCUT2D eigenvalue weighted by atomic mass is 10.3. The number of benzene rings is 1. The summed E-state index contributed by atoms with van der Waals surface area (Å²) in [4.78, 5) is 12.6. The minimum atomic E-state index is -0.188. The number of carbonyl (C=O) groups excluding carboxylic acids is 1. The van der Waals surface area contributed by atoms with E-state index in [2.05, 4.69) is 5.32 Å². The van der Waals surface area contributed by atoms with Gasteiger partial charge in [-0.05, 0) is 29.7 Å². The predicted molar refractivity (Wildman–Crippen MR) is 73.4 cm³/mol. The summed E-state index contributed by atoms with van der Waals surface area (Å²) in [7, 11) is 0. The number of thiophene rings is 1. The third kappa shape index (κ3) is 3.44. The normalized spacial score (nSPS) is 10.6. The van der Waals surface area contributed by atoms with Crippen LogP contribution in [0.1, 0.15) is 4.88 Å². The van der Waals surface area contributed by atoms with Crippen LogP contribution >= 0.6 is 22.9 Å². The average molecular weight is 264 g/mol. The Morgan fingerprint density at radius 3 is 2.76 bits per heavy atom. The monoisotopic (exact) mass is 263 g/mol. The van der Waals surface area contributed by atoms with Crippen LogP contribution in [-0.4, -0.2) is 5.91 Å². The minimum absolute atomic E-state index is 0.188. The zero-order chi connectivity index (χ0) is 12.1. The molecule has 17 heavy (non-hydrogen) atoms. The molecule has 1 amide bonds. The maximum Gasteiger partial charge on any atom is 0.248 e. The fourth-order valence-electron chi connectivity index (χ4n) is 1.28. The summed E-state index contributed by atoms with van der Waals surface area (Å²) in [5, 5.41) is 5.22. The first-order valence-electron chi connectivity index (χ1n) is 5.03. The van der Waals surface area contributed by atoms with E-state index in [1.165, 1.54) is 6.08 Å². The largest absolute Gasteiger partial charge is 0.321 e. The lowest BCUT2D eigenvalue weighted by Crippen LogP contribution is -2.07. The second-order valence-corrected chi connectivity index (χ2v) is 4.70. The molecule has 1 heterocycles. The Morgan fingerprint density at radius 2 is 2.06 bits per heavy atom. The number of hydrogen-bond donors (Lipinski definition) is 1. The van der Waals surface area contributed by atoms with E-state index < -0.39 is 0 Å². The van der Waals surface area contributed by atoms with Crippen LogP contribution in [0.5, 0.6) is 0 Å². The average Bonchev–Trinajstić information content (AvgIpc) is 2.82. The van der Waals surface area contributed by atoms with Gasteiger partial charge >= 0.3 is 0 Å². The smallest absolute Gasteiger partial charge is 0.248 e. The fourth-order valence-corrected chi connectivity index (χ4v) is 2.08. The number of hydrogen-bond acceptors (Lipinski definition) is 2. The summed E-state index contributed by atoms with van der Waals surface area (Å²) >= 11 is 7.51. The molecule has 0 saturated heterocycles. The van der Waals surface area contributed by atoms with Gasteiger partial charge in [0.2, 0.25) is 5.91 Å². The molecule has 0 radical (unpaired) electrons. The summed E-state index contributed by atoms with van der Waals surface area (Å²) in [6.07, 6.45) is 3.27. The quantitative estimate of drug-likeness (QED) is 0.832. The van der Waals surface area contributed by atoms with Crippen molar-refractivity contribution in [3.63, 3.8) is 0 Å². The Hall–Kier alpha value is -1.58.